The van der Waals surface area contributed by atoms with E-state index in [9.17, 15) is 0 Å². The van der Waals surface area contributed by atoms with Crippen LogP contribution in [0.4, 0.5) is 0 Å². The van der Waals surface area contributed by atoms with Crippen LogP contribution >= 0.6 is 11.6 Å². The van der Waals surface area contributed by atoms with Crippen molar-refractivity contribution in [2.75, 3.05) is 0 Å². The molecular formula is C17H33Cl. The molecule has 1 heteroatoms. The second-order valence-corrected chi connectivity index (χ2v) is 7.21. The van der Waals surface area contributed by atoms with E-state index in [0.29, 0.717) is 5.38 Å². The summed E-state index contributed by atoms with van der Waals surface area (Å²) in [5.74, 6) is 2.59. The van der Waals surface area contributed by atoms with Crippen molar-refractivity contribution in [2.45, 2.75) is 90.4 Å². The van der Waals surface area contributed by atoms with Crippen LogP contribution in [0.3, 0.4) is 0 Å². The fraction of sp³-hybridized carbons (Fsp3) is 1.00. The molecule has 3 unspecified atom stereocenters. The zero-order valence-electron chi connectivity index (χ0n) is 12.8. The molecule has 1 rings (SSSR count). The molecule has 18 heavy (non-hydrogen) atoms. The fourth-order valence-electron chi connectivity index (χ4n) is 3.35. The predicted octanol–water partition coefficient (Wildman–Crippen LogP) is 6.42. The third-order valence-electron chi connectivity index (χ3n) is 4.80. The van der Waals surface area contributed by atoms with Gasteiger partial charge in [-0.1, -0.05) is 59.3 Å². The summed E-state index contributed by atoms with van der Waals surface area (Å²) in [6.07, 6.45) is 13.8. The van der Waals surface area contributed by atoms with Crippen LogP contribution in [0.1, 0.15) is 85.0 Å². The summed E-state index contributed by atoms with van der Waals surface area (Å²) in [6.45, 7) is 7.04. The summed E-state index contributed by atoms with van der Waals surface area (Å²) in [7, 11) is 0. The van der Waals surface area contributed by atoms with Crippen LogP contribution in [0.25, 0.3) is 0 Å². The average Bonchev–Trinajstić information content (AvgIpc) is 2.35. The zero-order valence-corrected chi connectivity index (χ0v) is 13.5. The number of hydrogen-bond acceptors (Lipinski definition) is 0. The van der Waals surface area contributed by atoms with Gasteiger partial charge >= 0.3 is 0 Å². The summed E-state index contributed by atoms with van der Waals surface area (Å²) >= 11 is 6.52. The molecular weight excluding hydrogens is 240 g/mol. The van der Waals surface area contributed by atoms with Gasteiger partial charge in [-0.25, -0.2) is 0 Å². The van der Waals surface area contributed by atoms with Gasteiger partial charge in [0.2, 0.25) is 0 Å². The van der Waals surface area contributed by atoms with Crippen LogP contribution in [-0.2, 0) is 0 Å². The van der Waals surface area contributed by atoms with Gasteiger partial charge < -0.3 is 0 Å². The summed E-state index contributed by atoms with van der Waals surface area (Å²) in [5.41, 5.74) is 0. The Balaban J connectivity index is 2.15. The fourth-order valence-corrected chi connectivity index (χ4v) is 3.71. The van der Waals surface area contributed by atoms with E-state index in [1.54, 1.807) is 0 Å². The molecule has 1 aliphatic carbocycles. The smallest absolute Gasteiger partial charge is 0.0364 e. The van der Waals surface area contributed by atoms with Crippen molar-refractivity contribution in [2.24, 2.45) is 17.8 Å². The molecule has 1 fully saturated rings. The third-order valence-corrected chi connectivity index (χ3v) is 5.38. The number of alkyl halides is 1. The molecule has 3 atom stereocenters. The van der Waals surface area contributed by atoms with Crippen LogP contribution in [0.15, 0.2) is 0 Å². The highest BCUT2D eigenvalue weighted by atomic mass is 35.5. The van der Waals surface area contributed by atoms with Gasteiger partial charge in [-0.05, 0) is 43.4 Å². The van der Waals surface area contributed by atoms with Gasteiger partial charge in [0.25, 0.3) is 0 Å². The molecule has 0 radical (unpaired) electrons. The highest BCUT2D eigenvalue weighted by Crippen LogP contribution is 2.38. The van der Waals surface area contributed by atoms with Crippen LogP contribution < -0.4 is 0 Å². The topological polar surface area (TPSA) is 0 Å². The van der Waals surface area contributed by atoms with E-state index in [0.717, 1.165) is 17.8 Å². The van der Waals surface area contributed by atoms with Crippen LogP contribution in [0, 0.1) is 17.8 Å². The maximum atomic E-state index is 6.52. The van der Waals surface area contributed by atoms with Crippen LogP contribution in [0.5, 0.6) is 0 Å². The predicted molar refractivity (Wildman–Crippen MR) is 83.3 cm³/mol. The zero-order chi connectivity index (χ0) is 13.4. The first-order chi connectivity index (χ1) is 8.65. The van der Waals surface area contributed by atoms with Crippen molar-refractivity contribution in [1.82, 2.24) is 0 Å². The molecule has 1 aliphatic rings. The second kappa shape index (κ2) is 9.23. The van der Waals surface area contributed by atoms with Crippen molar-refractivity contribution >= 4 is 11.6 Å². The second-order valence-electron chi connectivity index (χ2n) is 6.65. The van der Waals surface area contributed by atoms with Crippen molar-refractivity contribution in [3.8, 4) is 0 Å². The van der Waals surface area contributed by atoms with Crippen molar-refractivity contribution in [3.05, 3.63) is 0 Å². The minimum absolute atomic E-state index is 0.468. The quantitative estimate of drug-likeness (QED) is 0.353. The van der Waals surface area contributed by atoms with E-state index in [-0.39, 0.29) is 0 Å². The lowest BCUT2D eigenvalue weighted by atomic mass is 9.74. The van der Waals surface area contributed by atoms with Crippen LogP contribution in [-0.4, -0.2) is 5.38 Å². The standard InChI is InChI=1S/C17H33Cl/c1-4-5-6-7-8-9-10-16-13-15(14(2)3)11-12-17(16)18/h14-17H,4-13H2,1-3H3. The molecule has 0 aromatic rings. The maximum absolute atomic E-state index is 6.52. The molecule has 0 N–H and O–H groups in total. The van der Waals surface area contributed by atoms with Crippen molar-refractivity contribution in [3.63, 3.8) is 0 Å². The SMILES string of the molecule is CCCCCCCCC1CC(C(C)C)CCC1Cl. The Morgan fingerprint density at radius 2 is 1.67 bits per heavy atom. The minimum Gasteiger partial charge on any atom is -0.123 e. The lowest BCUT2D eigenvalue weighted by molar-refractivity contribution is 0.208. The lowest BCUT2D eigenvalue weighted by Crippen LogP contribution is -2.27. The summed E-state index contributed by atoms with van der Waals surface area (Å²) < 4.78 is 0. The molecule has 0 amide bonds. The van der Waals surface area contributed by atoms with Gasteiger partial charge in [-0.3, -0.25) is 0 Å². The Hall–Kier alpha value is 0.290. The van der Waals surface area contributed by atoms with Gasteiger partial charge in [0.1, 0.15) is 0 Å². The molecule has 0 aromatic carbocycles. The van der Waals surface area contributed by atoms with E-state index >= 15 is 0 Å². The Labute approximate surface area is 120 Å². The molecule has 0 spiro atoms. The molecule has 0 nitrogen and oxygen atoms in total. The third kappa shape index (κ3) is 5.95. The first-order valence-electron chi connectivity index (χ1n) is 8.29. The van der Waals surface area contributed by atoms with Crippen molar-refractivity contribution in [1.29, 1.82) is 0 Å². The Bertz CT molecular complexity index is 200. The highest BCUT2D eigenvalue weighted by molar-refractivity contribution is 6.20. The molecule has 0 bridgehead atoms. The summed E-state index contributed by atoms with van der Waals surface area (Å²) in [5, 5.41) is 0.468. The Morgan fingerprint density at radius 3 is 2.33 bits per heavy atom. The Kier molecular flexibility index (Phi) is 8.39. The van der Waals surface area contributed by atoms with Gasteiger partial charge in [0, 0.05) is 5.38 Å². The molecule has 0 heterocycles. The molecule has 0 aromatic heterocycles. The monoisotopic (exact) mass is 272 g/mol. The molecule has 0 saturated heterocycles. The first kappa shape index (κ1) is 16.3. The normalized spacial score (nSPS) is 28.8. The minimum atomic E-state index is 0.468. The summed E-state index contributed by atoms with van der Waals surface area (Å²) in [6, 6.07) is 0. The largest absolute Gasteiger partial charge is 0.123 e. The van der Waals surface area contributed by atoms with Gasteiger partial charge in [0.15, 0.2) is 0 Å². The number of unbranched alkanes of at least 4 members (excludes halogenated alkanes) is 5. The van der Waals surface area contributed by atoms with E-state index in [1.165, 1.54) is 64.2 Å². The Morgan fingerprint density at radius 1 is 1.00 bits per heavy atom. The maximum Gasteiger partial charge on any atom is 0.0364 e. The summed E-state index contributed by atoms with van der Waals surface area (Å²) in [4.78, 5) is 0. The average molecular weight is 273 g/mol. The van der Waals surface area contributed by atoms with E-state index in [2.05, 4.69) is 20.8 Å². The van der Waals surface area contributed by atoms with E-state index in [4.69, 9.17) is 11.6 Å². The molecule has 0 aliphatic heterocycles. The molecule has 1 saturated carbocycles. The molecule has 108 valence electrons. The van der Waals surface area contributed by atoms with Gasteiger partial charge in [-0.15, -0.1) is 11.6 Å². The van der Waals surface area contributed by atoms with Gasteiger partial charge in [0.05, 0.1) is 0 Å². The highest BCUT2D eigenvalue weighted by Gasteiger charge is 2.29. The van der Waals surface area contributed by atoms with Crippen LogP contribution in [0.2, 0.25) is 0 Å². The first-order valence-corrected chi connectivity index (χ1v) is 8.72. The number of hydrogen-bond donors (Lipinski definition) is 0. The van der Waals surface area contributed by atoms with E-state index < -0.39 is 0 Å². The number of halogens is 1. The lowest BCUT2D eigenvalue weighted by Gasteiger charge is -2.35. The van der Waals surface area contributed by atoms with Crippen molar-refractivity contribution < 1.29 is 0 Å². The number of rotatable bonds is 8. The van der Waals surface area contributed by atoms with E-state index in [1.807, 2.05) is 0 Å². The van der Waals surface area contributed by atoms with Gasteiger partial charge in [-0.2, -0.15) is 0 Å².